The lowest BCUT2D eigenvalue weighted by Gasteiger charge is -2.24. The number of sulfonamides is 1. The van der Waals surface area contributed by atoms with Gasteiger partial charge in [0.2, 0.25) is 0 Å². The Balaban J connectivity index is 2.13. The van der Waals surface area contributed by atoms with Crippen molar-refractivity contribution in [2.24, 2.45) is 0 Å². The molecule has 0 fully saturated rings. The van der Waals surface area contributed by atoms with E-state index in [-0.39, 0.29) is 4.90 Å². The predicted octanol–water partition coefficient (Wildman–Crippen LogP) is 4.78. The number of thiazole rings is 1. The zero-order valence-corrected chi connectivity index (χ0v) is 16.0. The van der Waals surface area contributed by atoms with Crippen molar-refractivity contribution in [1.82, 2.24) is 4.98 Å². The molecule has 0 unspecified atom stereocenters. The summed E-state index contributed by atoms with van der Waals surface area (Å²) in [7, 11) is -3.69. The maximum Gasteiger partial charge on any atom is 0.264 e. The minimum absolute atomic E-state index is 0.228. The minimum atomic E-state index is -3.69. The fourth-order valence-corrected chi connectivity index (χ4v) is 5.42. The van der Waals surface area contributed by atoms with E-state index in [2.05, 4.69) is 4.98 Å². The van der Waals surface area contributed by atoms with Gasteiger partial charge in [-0.3, -0.25) is 4.31 Å². The van der Waals surface area contributed by atoms with E-state index in [1.807, 2.05) is 32.0 Å². The van der Waals surface area contributed by atoms with Crippen molar-refractivity contribution in [1.29, 1.82) is 0 Å². The van der Waals surface area contributed by atoms with Gasteiger partial charge in [-0.15, -0.1) is 11.3 Å². The van der Waals surface area contributed by atoms with Crippen LogP contribution in [0.15, 0.2) is 41.3 Å². The fraction of sp³-hybridized carbons (Fsp3) is 0.235. The third-order valence-corrected chi connectivity index (χ3v) is 7.25. The van der Waals surface area contributed by atoms with E-state index in [4.69, 9.17) is 11.6 Å². The molecule has 0 saturated heterocycles. The van der Waals surface area contributed by atoms with Crippen LogP contribution in [0.2, 0.25) is 5.02 Å². The summed E-state index contributed by atoms with van der Waals surface area (Å²) >= 11 is 7.69. The molecule has 7 heteroatoms. The van der Waals surface area contributed by atoms with Gasteiger partial charge in [-0.2, -0.15) is 0 Å². The molecule has 0 bridgehead atoms. The Kier molecular flexibility index (Phi) is 4.55. The Morgan fingerprint density at radius 3 is 2.67 bits per heavy atom. The quantitative estimate of drug-likeness (QED) is 0.654. The molecule has 3 rings (SSSR count). The summed E-state index contributed by atoms with van der Waals surface area (Å²) in [5.41, 5.74) is 1.98. The van der Waals surface area contributed by atoms with E-state index in [1.165, 1.54) is 4.31 Å². The van der Waals surface area contributed by atoms with Crippen LogP contribution in [0, 0.1) is 13.8 Å². The Labute approximate surface area is 150 Å². The summed E-state index contributed by atoms with van der Waals surface area (Å²) in [6.07, 6.45) is 0. The molecule has 0 amide bonds. The van der Waals surface area contributed by atoms with Crippen molar-refractivity contribution in [2.75, 3.05) is 10.8 Å². The zero-order valence-electron chi connectivity index (χ0n) is 13.6. The van der Waals surface area contributed by atoms with Crippen LogP contribution in [0.1, 0.15) is 17.5 Å². The van der Waals surface area contributed by atoms with Crippen LogP contribution in [-0.4, -0.2) is 19.9 Å². The largest absolute Gasteiger partial charge is 0.267 e. The van der Waals surface area contributed by atoms with Gasteiger partial charge in [0.25, 0.3) is 10.0 Å². The van der Waals surface area contributed by atoms with Crippen molar-refractivity contribution in [3.8, 4) is 0 Å². The SMILES string of the molecule is CCN(c1ccc2sc(C)nc2c1)S(=O)(=O)c1cccc(Cl)c1C. The maximum absolute atomic E-state index is 13.1. The topological polar surface area (TPSA) is 50.3 Å². The lowest BCUT2D eigenvalue weighted by atomic mass is 10.2. The highest BCUT2D eigenvalue weighted by atomic mass is 35.5. The second-order valence-corrected chi connectivity index (χ2v) is 8.89. The normalized spacial score (nSPS) is 11.8. The second kappa shape index (κ2) is 6.35. The number of fused-ring (bicyclic) bond motifs is 1. The van der Waals surface area contributed by atoms with Gasteiger partial charge < -0.3 is 0 Å². The molecule has 24 heavy (non-hydrogen) atoms. The average molecular weight is 381 g/mol. The van der Waals surface area contributed by atoms with Gasteiger partial charge in [-0.05, 0) is 56.7 Å². The Hall–Kier alpha value is -1.63. The number of rotatable bonds is 4. The number of nitrogens with zero attached hydrogens (tertiary/aromatic N) is 2. The number of anilines is 1. The fourth-order valence-electron chi connectivity index (χ4n) is 2.66. The van der Waals surface area contributed by atoms with Gasteiger partial charge in [0.05, 0.1) is 25.8 Å². The van der Waals surface area contributed by atoms with Crippen molar-refractivity contribution < 1.29 is 8.42 Å². The third-order valence-electron chi connectivity index (χ3n) is 3.84. The van der Waals surface area contributed by atoms with E-state index < -0.39 is 10.0 Å². The van der Waals surface area contributed by atoms with Gasteiger partial charge in [-0.1, -0.05) is 17.7 Å². The molecular formula is C17H17ClN2O2S2. The highest BCUT2D eigenvalue weighted by Gasteiger charge is 2.26. The monoisotopic (exact) mass is 380 g/mol. The number of aryl methyl sites for hydroxylation is 1. The van der Waals surface area contributed by atoms with Crippen molar-refractivity contribution >= 4 is 48.9 Å². The average Bonchev–Trinajstić information content (AvgIpc) is 2.89. The van der Waals surface area contributed by atoms with E-state index in [0.29, 0.717) is 22.8 Å². The molecule has 0 atom stereocenters. The molecular weight excluding hydrogens is 364 g/mol. The van der Waals surface area contributed by atoms with E-state index >= 15 is 0 Å². The molecule has 0 aliphatic carbocycles. The van der Waals surface area contributed by atoms with Crippen LogP contribution >= 0.6 is 22.9 Å². The van der Waals surface area contributed by atoms with E-state index in [0.717, 1.165) is 15.2 Å². The van der Waals surface area contributed by atoms with E-state index in [1.54, 1.807) is 36.5 Å². The van der Waals surface area contributed by atoms with Crippen LogP contribution in [-0.2, 0) is 10.0 Å². The molecule has 0 radical (unpaired) electrons. The molecule has 0 aliphatic rings. The van der Waals surface area contributed by atoms with Crippen molar-refractivity contribution in [3.63, 3.8) is 0 Å². The second-order valence-electron chi connectivity index (χ2n) is 5.42. The summed E-state index contributed by atoms with van der Waals surface area (Å²) in [5, 5.41) is 1.40. The van der Waals surface area contributed by atoms with Gasteiger partial charge in [-0.25, -0.2) is 13.4 Å². The molecule has 0 saturated carbocycles. The Bertz CT molecular complexity index is 1010. The van der Waals surface area contributed by atoms with E-state index in [9.17, 15) is 8.42 Å². The first-order valence-electron chi connectivity index (χ1n) is 7.49. The number of hydrogen-bond donors (Lipinski definition) is 0. The van der Waals surface area contributed by atoms with Crippen molar-refractivity contribution in [2.45, 2.75) is 25.7 Å². The summed E-state index contributed by atoms with van der Waals surface area (Å²) in [4.78, 5) is 4.68. The highest BCUT2D eigenvalue weighted by Crippen LogP contribution is 2.31. The molecule has 0 spiro atoms. The summed E-state index contributed by atoms with van der Waals surface area (Å²) < 4.78 is 28.7. The van der Waals surface area contributed by atoms with Gasteiger partial charge in [0.1, 0.15) is 0 Å². The third kappa shape index (κ3) is 2.90. The lowest BCUT2D eigenvalue weighted by Crippen LogP contribution is -2.31. The first-order valence-corrected chi connectivity index (χ1v) is 10.1. The van der Waals surface area contributed by atoms with Gasteiger partial charge in [0.15, 0.2) is 0 Å². The lowest BCUT2D eigenvalue weighted by molar-refractivity contribution is 0.591. The first kappa shape index (κ1) is 17.2. The molecule has 1 aromatic heterocycles. The molecule has 126 valence electrons. The smallest absolute Gasteiger partial charge is 0.264 e. The number of benzene rings is 2. The molecule has 0 N–H and O–H groups in total. The Morgan fingerprint density at radius 1 is 1.21 bits per heavy atom. The first-order chi connectivity index (χ1) is 11.3. The maximum atomic E-state index is 13.1. The van der Waals surface area contributed by atoms with Gasteiger partial charge >= 0.3 is 0 Å². The molecule has 3 aromatic rings. The van der Waals surface area contributed by atoms with Crippen molar-refractivity contribution in [3.05, 3.63) is 52.0 Å². The number of hydrogen-bond acceptors (Lipinski definition) is 4. The van der Waals surface area contributed by atoms with Crippen LogP contribution in [0.25, 0.3) is 10.2 Å². The van der Waals surface area contributed by atoms with Crippen LogP contribution in [0.4, 0.5) is 5.69 Å². The molecule has 0 aliphatic heterocycles. The number of aromatic nitrogens is 1. The van der Waals surface area contributed by atoms with Gasteiger partial charge in [0, 0.05) is 11.6 Å². The summed E-state index contributed by atoms with van der Waals surface area (Å²) in [5.74, 6) is 0. The minimum Gasteiger partial charge on any atom is -0.267 e. The summed E-state index contributed by atoms with van der Waals surface area (Å²) in [6, 6.07) is 10.5. The molecule has 1 heterocycles. The molecule has 4 nitrogen and oxygen atoms in total. The van der Waals surface area contributed by atoms with Crippen LogP contribution in [0.5, 0.6) is 0 Å². The highest BCUT2D eigenvalue weighted by molar-refractivity contribution is 7.92. The standard InChI is InChI=1S/C17H17ClN2O2S2/c1-4-20(13-8-9-16-15(10-13)19-12(3)23-16)24(21,22)17-7-5-6-14(18)11(17)2/h5-10H,4H2,1-3H3. The summed E-state index contributed by atoms with van der Waals surface area (Å²) in [6.45, 7) is 5.79. The van der Waals surface area contributed by atoms with Crippen LogP contribution < -0.4 is 4.31 Å². The Morgan fingerprint density at radius 2 is 1.96 bits per heavy atom. The number of halogens is 1. The predicted molar refractivity (Wildman–Crippen MR) is 101 cm³/mol. The zero-order chi connectivity index (χ0) is 17.5. The van der Waals surface area contributed by atoms with Crippen LogP contribution in [0.3, 0.4) is 0 Å². The molecule has 2 aromatic carbocycles.